The number of rotatable bonds is 7. The summed E-state index contributed by atoms with van der Waals surface area (Å²) in [7, 11) is 1.79. The van der Waals surface area contributed by atoms with Crippen molar-refractivity contribution in [3.8, 4) is 0 Å². The number of nitrogens with zero attached hydrogens (tertiary/aromatic N) is 2. The molecule has 6 nitrogen and oxygen atoms in total. The van der Waals surface area contributed by atoms with Gasteiger partial charge in [-0.25, -0.2) is 4.79 Å². The van der Waals surface area contributed by atoms with Crippen molar-refractivity contribution < 1.29 is 14.6 Å². The topological polar surface area (TPSA) is 76.4 Å². The number of ether oxygens (including phenoxy) is 1. The SMILES string of the molecule is CCOC(=O)c1cnn(C)c1CNCC(C)(C)CO. The Bertz CT molecular complexity index is 427. The van der Waals surface area contributed by atoms with Gasteiger partial charge in [0, 0.05) is 32.2 Å². The molecule has 0 saturated heterocycles. The quantitative estimate of drug-likeness (QED) is 0.713. The van der Waals surface area contributed by atoms with Gasteiger partial charge in [-0.2, -0.15) is 5.10 Å². The summed E-state index contributed by atoms with van der Waals surface area (Å²) < 4.78 is 6.65. The first-order valence-electron chi connectivity index (χ1n) is 6.41. The third-order valence-corrected chi connectivity index (χ3v) is 2.88. The van der Waals surface area contributed by atoms with E-state index in [2.05, 4.69) is 10.4 Å². The Morgan fingerprint density at radius 2 is 2.26 bits per heavy atom. The molecule has 0 spiro atoms. The van der Waals surface area contributed by atoms with Gasteiger partial charge in [-0.1, -0.05) is 13.8 Å². The van der Waals surface area contributed by atoms with E-state index in [4.69, 9.17) is 4.74 Å². The van der Waals surface area contributed by atoms with Crippen molar-refractivity contribution >= 4 is 5.97 Å². The fourth-order valence-electron chi connectivity index (χ4n) is 1.63. The van der Waals surface area contributed by atoms with Gasteiger partial charge >= 0.3 is 5.97 Å². The minimum absolute atomic E-state index is 0.107. The van der Waals surface area contributed by atoms with E-state index in [1.54, 1.807) is 18.7 Å². The number of carbonyl (C=O) groups is 1. The molecule has 1 aromatic rings. The zero-order valence-corrected chi connectivity index (χ0v) is 12.1. The zero-order valence-electron chi connectivity index (χ0n) is 12.1. The van der Waals surface area contributed by atoms with Crippen LogP contribution in [0.1, 0.15) is 36.8 Å². The van der Waals surface area contributed by atoms with Gasteiger partial charge in [0.15, 0.2) is 0 Å². The number of hydrogen-bond acceptors (Lipinski definition) is 5. The molecule has 1 heterocycles. The molecule has 0 bridgehead atoms. The molecule has 0 unspecified atom stereocenters. The lowest BCUT2D eigenvalue weighted by Gasteiger charge is -2.22. The van der Waals surface area contributed by atoms with Gasteiger partial charge in [0.25, 0.3) is 0 Å². The first-order valence-corrected chi connectivity index (χ1v) is 6.41. The maximum atomic E-state index is 11.8. The van der Waals surface area contributed by atoms with E-state index in [-0.39, 0.29) is 18.0 Å². The number of esters is 1. The third-order valence-electron chi connectivity index (χ3n) is 2.88. The molecular weight excluding hydrogens is 246 g/mol. The van der Waals surface area contributed by atoms with Crippen LogP contribution in [0, 0.1) is 5.41 Å². The van der Waals surface area contributed by atoms with Crippen molar-refractivity contribution in [3.05, 3.63) is 17.5 Å². The fraction of sp³-hybridized carbons (Fsp3) is 0.692. The molecule has 0 fully saturated rings. The summed E-state index contributed by atoms with van der Waals surface area (Å²) in [6, 6.07) is 0. The fourth-order valence-corrected chi connectivity index (χ4v) is 1.63. The molecule has 0 aliphatic rings. The Balaban J connectivity index is 2.68. The van der Waals surface area contributed by atoms with E-state index in [1.165, 1.54) is 6.20 Å². The molecule has 1 rings (SSSR count). The Labute approximate surface area is 113 Å². The average Bonchev–Trinajstić information content (AvgIpc) is 2.71. The van der Waals surface area contributed by atoms with Gasteiger partial charge in [-0.15, -0.1) is 0 Å². The van der Waals surface area contributed by atoms with Crippen LogP contribution in [-0.4, -0.2) is 40.6 Å². The highest BCUT2D eigenvalue weighted by Crippen LogP contribution is 2.13. The van der Waals surface area contributed by atoms with E-state index in [0.717, 1.165) is 5.69 Å². The summed E-state index contributed by atoms with van der Waals surface area (Å²) >= 11 is 0. The molecule has 0 amide bonds. The van der Waals surface area contributed by atoms with E-state index >= 15 is 0 Å². The minimum atomic E-state index is -0.353. The Hall–Kier alpha value is -1.40. The molecule has 108 valence electrons. The monoisotopic (exact) mass is 269 g/mol. The van der Waals surface area contributed by atoms with E-state index in [0.29, 0.717) is 25.3 Å². The largest absolute Gasteiger partial charge is 0.462 e. The normalized spacial score (nSPS) is 11.6. The van der Waals surface area contributed by atoms with Gasteiger partial charge in [0.05, 0.1) is 18.5 Å². The second-order valence-corrected chi connectivity index (χ2v) is 5.27. The van der Waals surface area contributed by atoms with Gasteiger partial charge in [-0.05, 0) is 6.92 Å². The van der Waals surface area contributed by atoms with Crippen molar-refractivity contribution in [1.29, 1.82) is 0 Å². The molecule has 19 heavy (non-hydrogen) atoms. The minimum Gasteiger partial charge on any atom is -0.462 e. The second kappa shape index (κ2) is 6.68. The summed E-state index contributed by atoms with van der Waals surface area (Å²) in [5.74, 6) is -0.353. The number of aryl methyl sites for hydroxylation is 1. The molecule has 0 saturated carbocycles. The standard InChI is InChI=1S/C13H23N3O3/c1-5-19-12(18)10-6-15-16(4)11(10)7-14-8-13(2,3)9-17/h6,14,17H,5,7-9H2,1-4H3. The Morgan fingerprint density at radius 1 is 1.58 bits per heavy atom. The van der Waals surface area contributed by atoms with Crippen molar-refractivity contribution in [2.75, 3.05) is 19.8 Å². The molecule has 0 atom stereocenters. The first-order chi connectivity index (χ1) is 8.91. The van der Waals surface area contributed by atoms with Crippen LogP contribution in [-0.2, 0) is 18.3 Å². The van der Waals surface area contributed by atoms with Crippen molar-refractivity contribution in [2.24, 2.45) is 12.5 Å². The highest BCUT2D eigenvalue weighted by molar-refractivity contribution is 5.90. The third kappa shape index (κ3) is 4.33. The van der Waals surface area contributed by atoms with Gasteiger partial charge < -0.3 is 15.2 Å². The summed E-state index contributed by atoms with van der Waals surface area (Å²) in [5.41, 5.74) is 1.08. The van der Waals surface area contributed by atoms with Crippen molar-refractivity contribution in [2.45, 2.75) is 27.3 Å². The number of aromatic nitrogens is 2. The molecule has 0 aliphatic heterocycles. The maximum Gasteiger partial charge on any atom is 0.341 e. The highest BCUT2D eigenvalue weighted by Gasteiger charge is 2.19. The lowest BCUT2D eigenvalue weighted by Crippen LogP contribution is -2.32. The number of aliphatic hydroxyl groups excluding tert-OH is 1. The van der Waals surface area contributed by atoms with Crippen LogP contribution >= 0.6 is 0 Å². The van der Waals surface area contributed by atoms with Crippen LogP contribution in [0.2, 0.25) is 0 Å². The van der Waals surface area contributed by atoms with Crippen LogP contribution in [0.3, 0.4) is 0 Å². The summed E-state index contributed by atoms with van der Waals surface area (Å²) in [4.78, 5) is 11.8. The summed E-state index contributed by atoms with van der Waals surface area (Å²) in [6.07, 6.45) is 1.52. The molecule has 6 heteroatoms. The van der Waals surface area contributed by atoms with Crippen LogP contribution in [0.5, 0.6) is 0 Å². The number of nitrogens with one attached hydrogen (secondary N) is 1. The second-order valence-electron chi connectivity index (χ2n) is 5.27. The number of aliphatic hydroxyl groups is 1. The first kappa shape index (κ1) is 15.7. The average molecular weight is 269 g/mol. The summed E-state index contributed by atoms with van der Waals surface area (Å²) in [6.45, 7) is 7.32. The number of hydrogen-bond donors (Lipinski definition) is 2. The van der Waals surface area contributed by atoms with Crippen LogP contribution in [0.4, 0.5) is 0 Å². The molecule has 0 radical (unpaired) electrons. The molecular formula is C13H23N3O3. The van der Waals surface area contributed by atoms with Crippen LogP contribution in [0.25, 0.3) is 0 Å². The van der Waals surface area contributed by atoms with E-state index < -0.39 is 0 Å². The Kier molecular flexibility index (Phi) is 5.50. The number of carbonyl (C=O) groups excluding carboxylic acids is 1. The van der Waals surface area contributed by atoms with Crippen LogP contribution < -0.4 is 5.32 Å². The molecule has 2 N–H and O–H groups in total. The lowest BCUT2D eigenvalue weighted by atomic mass is 9.95. The van der Waals surface area contributed by atoms with E-state index in [1.807, 2.05) is 13.8 Å². The van der Waals surface area contributed by atoms with Gasteiger partial charge in [0.2, 0.25) is 0 Å². The molecule has 0 aromatic carbocycles. The zero-order chi connectivity index (χ0) is 14.5. The van der Waals surface area contributed by atoms with Gasteiger partial charge in [-0.3, -0.25) is 4.68 Å². The molecule has 1 aromatic heterocycles. The molecule has 0 aliphatic carbocycles. The summed E-state index contributed by atoms with van der Waals surface area (Å²) in [5, 5.41) is 16.5. The predicted octanol–water partition coefficient (Wildman–Crippen LogP) is 0.705. The smallest absolute Gasteiger partial charge is 0.341 e. The predicted molar refractivity (Wildman–Crippen MR) is 71.7 cm³/mol. The highest BCUT2D eigenvalue weighted by atomic mass is 16.5. The maximum absolute atomic E-state index is 11.8. The van der Waals surface area contributed by atoms with Gasteiger partial charge in [0.1, 0.15) is 5.56 Å². The lowest BCUT2D eigenvalue weighted by molar-refractivity contribution is 0.0524. The van der Waals surface area contributed by atoms with Crippen molar-refractivity contribution in [3.63, 3.8) is 0 Å². The van der Waals surface area contributed by atoms with Crippen molar-refractivity contribution in [1.82, 2.24) is 15.1 Å². The van der Waals surface area contributed by atoms with Crippen LogP contribution in [0.15, 0.2) is 6.20 Å². The van der Waals surface area contributed by atoms with E-state index in [9.17, 15) is 9.90 Å². The Morgan fingerprint density at radius 3 is 2.84 bits per heavy atom.